The molecule has 0 aromatic rings. The van der Waals surface area contributed by atoms with Gasteiger partial charge in [-0.15, -0.1) is 0 Å². The largest absolute Gasteiger partial charge is 0.480 e. The molecule has 0 rings (SSSR count). The first-order valence-electron chi connectivity index (χ1n) is 19.1. The van der Waals surface area contributed by atoms with Crippen molar-refractivity contribution in [2.24, 2.45) is 10.8 Å². The summed E-state index contributed by atoms with van der Waals surface area (Å²) in [5.41, 5.74) is -1.88. The average molecular weight is 881 g/mol. The Kier molecular flexibility index (Phi) is 27.2. The molecule has 338 valence electrons. The number of aliphatic hydroxyl groups excluding tert-OH is 1. The summed E-state index contributed by atoms with van der Waals surface area (Å²) >= 11 is 0. The van der Waals surface area contributed by atoms with Crippen molar-refractivity contribution in [3.05, 3.63) is 0 Å². The maximum absolute atomic E-state index is 12.9. The Balaban J connectivity index is 4.52. The van der Waals surface area contributed by atoms with Crippen LogP contribution >= 0.6 is 21.6 Å². The number of Topliss-reactive ketones (excluding diaryl/α,β-unsaturated/α-hetero) is 1. The topological polar surface area (TPSA) is 304 Å². The van der Waals surface area contributed by atoms with E-state index in [1.54, 1.807) is 27.7 Å². The van der Waals surface area contributed by atoms with E-state index in [1.807, 2.05) is 6.92 Å². The van der Waals surface area contributed by atoms with Gasteiger partial charge in [0, 0.05) is 68.1 Å². The number of aliphatic carboxylic acids is 3. The molecule has 5 amide bonds. The lowest BCUT2D eigenvalue weighted by atomic mass is 9.71. The number of carboxylic acids is 3. The van der Waals surface area contributed by atoms with Gasteiger partial charge in [0.1, 0.15) is 5.78 Å². The minimum Gasteiger partial charge on any atom is -0.480 e. The Morgan fingerprint density at radius 1 is 0.593 bits per heavy atom. The molecule has 0 spiro atoms. The summed E-state index contributed by atoms with van der Waals surface area (Å²) in [6.07, 6.45) is -0.0648. The maximum Gasteiger partial charge on any atom is 0.317 e. The van der Waals surface area contributed by atoms with Crippen molar-refractivity contribution in [1.82, 2.24) is 41.3 Å². The summed E-state index contributed by atoms with van der Waals surface area (Å²) in [6, 6.07) is 0. The molecule has 0 radical (unpaired) electrons. The van der Waals surface area contributed by atoms with Gasteiger partial charge in [0.15, 0.2) is 0 Å². The number of ketones is 1. The van der Waals surface area contributed by atoms with Crippen LogP contribution in [0.5, 0.6) is 0 Å². The molecule has 0 aromatic heterocycles. The minimum absolute atomic E-state index is 0.0296. The fourth-order valence-electron chi connectivity index (χ4n) is 5.57. The van der Waals surface area contributed by atoms with Crippen LogP contribution in [0, 0.1) is 10.8 Å². The second-order valence-corrected chi connectivity index (χ2v) is 17.6. The summed E-state index contributed by atoms with van der Waals surface area (Å²) in [4.78, 5) is 112. The molecule has 0 aliphatic carbocycles. The number of hydrogen-bond acceptors (Lipinski definition) is 15. The van der Waals surface area contributed by atoms with Gasteiger partial charge in [0.05, 0.1) is 51.9 Å². The highest BCUT2D eigenvalue weighted by molar-refractivity contribution is 8.76. The zero-order valence-corrected chi connectivity index (χ0v) is 36.6. The predicted molar refractivity (Wildman–Crippen MR) is 221 cm³/mol. The molecule has 0 fully saturated rings. The summed E-state index contributed by atoms with van der Waals surface area (Å²) in [6.45, 7) is 8.33. The van der Waals surface area contributed by atoms with Gasteiger partial charge in [-0.2, -0.15) is 0 Å². The van der Waals surface area contributed by atoms with Crippen molar-refractivity contribution in [2.75, 3.05) is 103 Å². The normalized spacial score (nSPS) is 13.0. The van der Waals surface area contributed by atoms with Gasteiger partial charge in [-0.3, -0.25) is 57.9 Å². The fourth-order valence-corrected chi connectivity index (χ4v) is 7.39. The van der Waals surface area contributed by atoms with Crippen LogP contribution in [0.15, 0.2) is 0 Å². The van der Waals surface area contributed by atoms with Crippen molar-refractivity contribution >= 4 is 74.8 Å². The van der Waals surface area contributed by atoms with Crippen LogP contribution in [0.4, 0.5) is 0 Å². The first kappa shape index (κ1) is 55.0. The molecule has 0 aromatic carbocycles. The molecule has 0 saturated carbocycles. The first-order chi connectivity index (χ1) is 27.5. The Labute approximate surface area is 353 Å². The van der Waals surface area contributed by atoms with Crippen molar-refractivity contribution < 1.29 is 63.6 Å². The van der Waals surface area contributed by atoms with E-state index in [1.165, 1.54) is 43.2 Å². The molecule has 9 N–H and O–H groups in total. The van der Waals surface area contributed by atoms with E-state index in [0.717, 1.165) is 0 Å². The number of amides is 5. The molecule has 21 nitrogen and oxygen atoms in total. The Morgan fingerprint density at radius 3 is 1.51 bits per heavy atom. The van der Waals surface area contributed by atoms with Gasteiger partial charge in [-0.25, -0.2) is 0 Å². The highest BCUT2D eigenvalue weighted by Gasteiger charge is 2.41. The summed E-state index contributed by atoms with van der Waals surface area (Å²) in [5, 5.41) is 50.3. The monoisotopic (exact) mass is 880 g/mol. The highest BCUT2D eigenvalue weighted by Crippen LogP contribution is 2.37. The van der Waals surface area contributed by atoms with Gasteiger partial charge in [-0.1, -0.05) is 49.3 Å². The van der Waals surface area contributed by atoms with E-state index in [2.05, 4.69) is 26.6 Å². The number of carbonyl (C=O) groups excluding carboxylic acids is 6. The van der Waals surface area contributed by atoms with E-state index in [4.69, 9.17) is 5.11 Å². The molecule has 0 bridgehead atoms. The van der Waals surface area contributed by atoms with Crippen LogP contribution in [-0.2, 0) is 43.2 Å². The first-order valence-corrected chi connectivity index (χ1v) is 21.6. The van der Waals surface area contributed by atoms with E-state index in [-0.39, 0.29) is 83.6 Å². The SMILES string of the molecule is CCC(C)(CC(C)(C)C(=O)NCC(=O)NCC(=O)NCCSSCCNC(=O)CN(CCN(CCN(CC(C)=O)CC(=O)O)CC(=O)O)CC(=O)O)C(=O)NCC(C)O. The van der Waals surface area contributed by atoms with Crippen molar-refractivity contribution in [3.8, 4) is 0 Å². The lowest BCUT2D eigenvalue weighted by Gasteiger charge is -2.35. The molecule has 2 atom stereocenters. The predicted octanol–water partition coefficient (Wildman–Crippen LogP) is -2.09. The lowest BCUT2D eigenvalue weighted by Crippen LogP contribution is -2.48. The maximum atomic E-state index is 12.9. The zero-order chi connectivity index (χ0) is 45.2. The minimum atomic E-state index is -1.19. The van der Waals surface area contributed by atoms with Crippen LogP contribution < -0.4 is 26.6 Å². The number of aliphatic hydroxyl groups is 1. The van der Waals surface area contributed by atoms with Crippen molar-refractivity contribution in [2.45, 2.75) is 60.5 Å². The Hall–Kier alpha value is -4.03. The summed E-state index contributed by atoms with van der Waals surface area (Å²) in [5.74, 6) is -4.90. The van der Waals surface area contributed by atoms with E-state index in [9.17, 15) is 58.5 Å². The number of nitrogens with zero attached hydrogens (tertiary/aromatic N) is 3. The van der Waals surface area contributed by atoms with Crippen molar-refractivity contribution in [1.29, 1.82) is 0 Å². The van der Waals surface area contributed by atoms with E-state index >= 15 is 0 Å². The number of carboxylic acid groups (broad SMARTS) is 3. The third-order valence-corrected chi connectivity index (χ3v) is 11.1. The summed E-state index contributed by atoms with van der Waals surface area (Å²) < 4.78 is 0. The molecule has 2 unspecified atom stereocenters. The number of nitrogens with one attached hydrogen (secondary N) is 5. The van der Waals surface area contributed by atoms with Crippen LogP contribution in [0.2, 0.25) is 0 Å². The second kappa shape index (κ2) is 29.2. The van der Waals surface area contributed by atoms with Crippen LogP contribution in [-0.4, -0.2) is 198 Å². The third-order valence-electron chi connectivity index (χ3n) is 8.64. The van der Waals surface area contributed by atoms with E-state index in [0.29, 0.717) is 24.5 Å². The fraction of sp³-hybridized carbons (Fsp3) is 0.750. The third kappa shape index (κ3) is 27.4. The smallest absolute Gasteiger partial charge is 0.317 e. The number of rotatable bonds is 34. The van der Waals surface area contributed by atoms with Crippen LogP contribution in [0.3, 0.4) is 0 Å². The van der Waals surface area contributed by atoms with Gasteiger partial charge in [-0.05, 0) is 26.7 Å². The average Bonchev–Trinajstić information content (AvgIpc) is 3.12. The molecular weight excluding hydrogens is 817 g/mol. The van der Waals surface area contributed by atoms with E-state index < -0.39 is 78.1 Å². The molecular formula is C36H64N8O13S2. The van der Waals surface area contributed by atoms with Gasteiger partial charge in [0.2, 0.25) is 29.5 Å². The molecule has 0 saturated heterocycles. The molecule has 59 heavy (non-hydrogen) atoms. The number of hydrogen-bond donors (Lipinski definition) is 9. The molecule has 0 aliphatic heterocycles. The molecule has 23 heteroatoms. The van der Waals surface area contributed by atoms with Gasteiger partial charge >= 0.3 is 17.9 Å². The number of carbonyl (C=O) groups is 9. The highest BCUT2D eigenvalue weighted by atomic mass is 33.1. The standard InChI is InChI=1S/C36H64N8O13S2/c1-7-36(6,34(57)40-16-25(2)45)24-35(4,5)33(56)41-18-28(48)39-17-27(47)37-8-14-58-59-15-9-38-29(49)20-44(23-32(54)55)13-11-42(21-30(50)51)10-12-43(19-26(3)46)22-31(52)53/h25,45H,7-24H2,1-6H3,(H,37,47)(H,38,49)(H,39,48)(H,40,57)(H,41,56)(H,50,51)(H,52,53)(H,54,55). The quantitative estimate of drug-likeness (QED) is 0.0247. The van der Waals surface area contributed by atoms with Crippen LogP contribution in [0.25, 0.3) is 0 Å². The summed E-state index contributed by atoms with van der Waals surface area (Å²) in [7, 11) is 2.86. The van der Waals surface area contributed by atoms with Crippen molar-refractivity contribution in [3.63, 3.8) is 0 Å². The van der Waals surface area contributed by atoms with Gasteiger partial charge < -0.3 is 47.0 Å². The lowest BCUT2D eigenvalue weighted by molar-refractivity contribution is -0.141. The van der Waals surface area contributed by atoms with Gasteiger partial charge in [0.25, 0.3) is 0 Å². The Morgan fingerprint density at radius 2 is 1.03 bits per heavy atom. The molecule has 0 aliphatic rings. The van der Waals surface area contributed by atoms with Crippen LogP contribution in [0.1, 0.15) is 54.4 Å². The Bertz CT molecular complexity index is 1410. The zero-order valence-electron chi connectivity index (χ0n) is 34.9. The molecule has 0 heterocycles. The second-order valence-electron chi connectivity index (χ2n) is 14.9.